The van der Waals surface area contributed by atoms with Crippen molar-refractivity contribution in [1.29, 1.82) is 5.26 Å². The van der Waals surface area contributed by atoms with Crippen LogP contribution in [-0.4, -0.2) is 53.9 Å². The van der Waals surface area contributed by atoms with Gasteiger partial charge in [-0.25, -0.2) is 0 Å². The molecule has 0 amide bonds. The Balaban J connectivity index is 0.00000133. The molecule has 0 bridgehead atoms. The van der Waals surface area contributed by atoms with E-state index in [9.17, 15) is 5.11 Å². The van der Waals surface area contributed by atoms with E-state index >= 15 is 0 Å². The first kappa shape index (κ1) is 14.4. The van der Waals surface area contributed by atoms with Crippen LogP contribution < -0.4 is 4.90 Å². The molecule has 92 valence electrons. The Bertz CT molecular complexity index is 636. The van der Waals surface area contributed by atoms with Crippen molar-refractivity contribution in [3.05, 3.63) is 42.0 Å². The van der Waals surface area contributed by atoms with Crippen molar-refractivity contribution >= 4 is 46.0 Å². The average molecular weight is 262 g/mol. The van der Waals surface area contributed by atoms with E-state index in [0.717, 1.165) is 29.4 Å². The molecule has 1 aliphatic heterocycles. The number of aliphatic hydroxyl groups excluding tert-OH is 1. The van der Waals surface area contributed by atoms with Crippen LogP contribution >= 0.6 is 0 Å². The molecule has 1 N–H and O–H groups in total. The molecular formula is C15H15N2NaO. The summed E-state index contributed by atoms with van der Waals surface area (Å²) in [5.74, 6) is 0. The van der Waals surface area contributed by atoms with Crippen LogP contribution in [0, 0.1) is 11.3 Å². The van der Waals surface area contributed by atoms with Crippen molar-refractivity contribution in [3.8, 4) is 6.07 Å². The van der Waals surface area contributed by atoms with Crippen molar-refractivity contribution in [2.45, 2.75) is 12.5 Å². The van der Waals surface area contributed by atoms with Gasteiger partial charge < -0.3 is 10.0 Å². The molecule has 1 atom stereocenters. The fraction of sp³-hybridized carbons (Fsp3) is 0.267. The van der Waals surface area contributed by atoms with Crippen molar-refractivity contribution in [1.82, 2.24) is 0 Å². The van der Waals surface area contributed by atoms with Crippen molar-refractivity contribution in [2.24, 2.45) is 0 Å². The maximum absolute atomic E-state index is 9.64. The van der Waals surface area contributed by atoms with Gasteiger partial charge in [-0.1, -0.05) is 24.3 Å². The molecule has 1 unspecified atom stereocenters. The molecule has 1 heterocycles. The van der Waals surface area contributed by atoms with E-state index in [1.165, 1.54) is 0 Å². The van der Waals surface area contributed by atoms with E-state index in [-0.39, 0.29) is 35.7 Å². The molecule has 3 nitrogen and oxygen atoms in total. The zero-order chi connectivity index (χ0) is 12.5. The summed E-state index contributed by atoms with van der Waals surface area (Å²) in [5, 5.41) is 20.8. The average Bonchev–Trinajstić information content (AvgIpc) is 2.84. The van der Waals surface area contributed by atoms with Gasteiger partial charge in [-0.2, -0.15) is 5.26 Å². The molecule has 0 radical (unpaired) electrons. The predicted octanol–water partition coefficient (Wildman–Crippen LogP) is 1.63. The monoisotopic (exact) mass is 262 g/mol. The van der Waals surface area contributed by atoms with E-state index < -0.39 is 0 Å². The number of fused-ring (bicyclic) bond motifs is 1. The van der Waals surface area contributed by atoms with E-state index in [1.807, 2.05) is 36.4 Å². The second-order valence-corrected chi connectivity index (χ2v) is 4.68. The molecule has 1 saturated heterocycles. The van der Waals surface area contributed by atoms with Crippen LogP contribution in [0.2, 0.25) is 0 Å². The summed E-state index contributed by atoms with van der Waals surface area (Å²) >= 11 is 0. The molecule has 0 aromatic heterocycles. The Kier molecular flexibility index (Phi) is 4.49. The Morgan fingerprint density at radius 1 is 1.16 bits per heavy atom. The summed E-state index contributed by atoms with van der Waals surface area (Å²) in [6, 6.07) is 14.0. The van der Waals surface area contributed by atoms with E-state index in [2.05, 4.69) is 11.0 Å². The number of hydrogen-bond acceptors (Lipinski definition) is 3. The Labute approximate surface area is 134 Å². The summed E-state index contributed by atoms with van der Waals surface area (Å²) in [6.45, 7) is 1.55. The molecule has 0 saturated carbocycles. The molecule has 3 rings (SSSR count). The first-order valence-electron chi connectivity index (χ1n) is 6.14. The molecule has 1 aliphatic rings. The number of nitriles is 1. The molecule has 1 fully saturated rings. The van der Waals surface area contributed by atoms with Gasteiger partial charge >= 0.3 is 29.6 Å². The van der Waals surface area contributed by atoms with E-state index in [4.69, 9.17) is 5.26 Å². The zero-order valence-corrected chi connectivity index (χ0v) is 10.0. The van der Waals surface area contributed by atoms with Gasteiger partial charge in [0, 0.05) is 29.5 Å². The van der Waals surface area contributed by atoms with Gasteiger partial charge in [0.15, 0.2) is 0 Å². The summed E-state index contributed by atoms with van der Waals surface area (Å²) in [7, 11) is 0. The predicted molar refractivity (Wildman–Crippen MR) is 78.6 cm³/mol. The number of hydrogen-bond donors (Lipinski definition) is 1. The molecule has 4 heteroatoms. The van der Waals surface area contributed by atoms with Gasteiger partial charge in [0.2, 0.25) is 0 Å². The maximum atomic E-state index is 9.64. The van der Waals surface area contributed by atoms with Gasteiger partial charge in [0.1, 0.15) is 0 Å². The molecule has 2 aromatic carbocycles. The van der Waals surface area contributed by atoms with E-state index in [1.54, 1.807) is 0 Å². The van der Waals surface area contributed by atoms with E-state index in [0.29, 0.717) is 12.1 Å². The summed E-state index contributed by atoms with van der Waals surface area (Å²) < 4.78 is 0. The second kappa shape index (κ2) is 5.94. The van der Waals surface area contributed by atoms with Crippen molar-refractivity contribution < 1.29 is 5.11 Å². The Morgan fingerprint density at radius 2 is 1.89 bits per heavy atom. The van der Waals surface area contributed by atoms with Crippen LogP contribution in [0.1, 0.15) is 12.0 Å². The van der Waals surface area contributed by atoms with Crippen LogP contribution in [0.3, 0.4) is 0 Å². The number of benzene rings is 2. The fourth-order valence-corrected chi connectivity index (χ4v) is 2.62. The van der Waals surface area contributed by atoms with Crippen LogP contribution in [-0.2, 0) is 0 Å². The SMILES string of the molecule is N#Cc1ccc(N2CCC(O)C2)c2ccccc12.[NaH]. The van der Waals surface area contributed by atoms with Gasteiger partial charge in [0.05, 0.1) is 17.7 Å². The molecule has 19 heavy (non-hydrogen) atoms. The number of aliphatic hydroxyl groups is 1. The third-order valence-electron chi connectivity index (χ3n) is 3.53. The van der Waals surface area contributed by atoms with Crippen LogP contribution in [0.15, 0.2) is 36.4 Å². The quantitative estimate of drug-likeness (QED) is 0.795. The minimum atomic E-state index is -0.237. The minimum absolute atomic E-state index is 0. The normalized spacial score (nSPS) is 18.1. The number of rotatable bonds is 1. The van der Waals surface area contributed by atoms with Gasteiger partial charge in [-0.3, -0.25) is 0 Å². The topological polar surface area (TPSA) is 47.3 Å². The van der Waals surface area contributed by atoms with Crippen LogP contribution in [0.25, 0.3) is 10.8 Å². The summed E-state index contributed by atoms with van der Waals surface area (Å²) in [4.78, 5) is 2.19. The zero-order valence-electron chi connectivity index (χ0n) is 10.0. The fourth-order valence-electron chi connectivity index (χ4n) is 2.62. The van der Waals surface area contributed by atoms with Crippen molar-refractivity contribution in [3.63, 3.8) is 0 Å². The van der Waals surface area contributed by atoms with Crippen molar-refractivity contribution in [2.75, 3.05) is 18.0 Å². The third kappa shape index (κ3) is 2.63. The molecule has 2 aromatic rings. The number of nitrogens with zero attached hydrogens (tertiary/aromatic N) is 2. The van der Waals surface area contributed by atoms with Gasteiger partial charge in [-0.15, -0.1) is 0 Å². The summed E-state index contributed by atoms with van der Waals surface area (Å²) in [6.07, 6.45) is 0.577. The van der Waals surface area contributed by atoms with Gasteiger partial charge in [0.25, 0.3) is 0 Å². The Morgan fingerprint density at radius 3 is 2.53 bits per heavy atom. The molecule has 0 aliphatic carbocycles. The molecule has 0 spiro atoms. The number of anilines is 1. The third-order valence-corrected chi connectivity index (χ3v) is 3.53. The number of β-amino-alcohol motifs (C(OH)–C–C–N with tert-alkyl or cyclic N) is 1. The first-order chi connectivity index (χ1) is 8.79. The van der Waals surface area contributed by atoms with Crippen LogP contribution in [0.5, 0.6) is 0 Å². The standard InChI is InChI=1S/C15H14N2O.Na.H/c16-9-11-5-6-15(17-8-7-12(18)10-17)14-4-2-1-3-13(11)14;;/h1-6,12,18H,7-8,10H2;;. The molecular weight excluding hydrogens is 247 g/mol. The second-order valence-electron chi connectivity index (χ2n) is 4.68. The first-order valence-corrected chi connectivity index (χ1v) is 6.14. The van der Waals surface area contributed by atoms with Gasteiger partial charge in [-0.05, 0) is 18.6 Å². The van der Waals surface area contributed by atoms with Crippen LogP contribution in [0.4, 0.5) is 5.69 Å². The Hall–Kier alpha value is -1.05. The summed E-state index contributed by atoms with van der Waals surface area (Å²) in [5.41, 5.74) is 1.82.